The smallest absolute Gasteiger partial charge is 0.410 e. The van der Waals surface area contributed by atoms with Crippen LogP contribution in [0.4, 0.5) is 10.6 Å². The van der Waals surface area contributed by atoms with Gasteiger partial charge in [0, 0.05) is 50.2 Å². The highest BCUT2D eigenvalue weighted by Crippen LogP contribution is 2.18. The van der Waals surface area contributed by atoms with Gasteiger partial charge in [-0.15, -0.1) is 0 Å². The summed E-state index contributed by atoms with van der Waals surface area (Å²) < 4.78 is 5.58. The molecule has 0 unspecified atom stereocenters. The van der Waals surface area contributed by atoms with E-state index < -0.39 is 0 Å². The van der Waals surface area contributed by atoms with Crippen LogP contribution in [0.3, 0.4) is 0 Å². The molecule has 1 amide bonds. The minimum absolute atomic E-state index is 0.306. The molecule has 0 radical (unpaired) electrons. The quantitative estimate of drug-likeness (QED) is 0.660. The fraction of sp³-hybridized carbons (Fsp3) is 0.292. The normalized spacial score (nSPS) is 13.9. The van der Waals surface area contributed by atoms with Gasteiger partial charge in [0.05, 0.1) is 0 Å². The van der Waals surface area contributed by atoms with Crippen LogP contribution in [0.1, 0.15) is 22.5 Å². The summed E-state index contributed by atoms with van der Waals surface area (Å²) in [6.07, 6.45) is 2.28. The summed E-state index contributed by atoms with van der Waals surface area (Å²) in [5.41, 5.74) is 4.35. The number of carbonyl (C=O) groups excluding carboxylic acids is 1. The minimum atomic E-state index is -0.306. The van der Waals surface area contributed by atoms with Crippen molar-refractivity contribution < 1.29 is 9.53 Å². The van der Waals surface area contributed by atoms with Crippen LogP contribution in [0.2, 0.25) is 0 Å². The van der Waals surface area contributed by atoms with Gasteiger partial charge in [0.25, 0.3) is 0 Å². The maximum atomic E-state index is 12.5. The fourth-order valence-electron chi connectivity index (χ4n) is 3.57. The van der Waals surface area contributed by atoms with Crippen molar-refractivity contribution in [3.8, 4) is 5.75 Å². The first-order chi connectivity index (χ1) is 14.6. The lowest BCUT2D eigenvalue weighted by Crippen LogP contribution is -2.49. The molecular formula is C24H26N4O2. The SMILES string of the molecule is Cc1ccnc(Cc2ccc(OC(=O)N3CCN(c4cccc(C)n4)CC3)cc2)c1. The Kier molecular flexibility index (Phi) is 5.93. The molecule has 0 aliphatic carbocycles. The highest BCUT2D eigenvalue weighted by Gasteiger charge is 2.23. The van der Waals surface area contributed by atoms with Crippen molar-refractivity contribution in [2.24, 2.45) is 0 Å². The van der Waals surface area contributed by atoms with E-state index in [9.17, 15) is 4.79 Å². The molecule has 1 fully saturated rings. The fourth-order valence-corrected chi connectivity index (χ4v) is 3.57. The van der Waals surface area contributed by atoms with Gasteiger partial charge < -0.3 is 14.5 Å². The molecule has 3 heterocycles. The number of pyridine rings is 2. The Bertz CT molecular complexity index is 1010. The maximum absolute atomic E-state index is 12.5. The van der Waals surface area contributed by atoms with Gasteiger partial charge in [-0.2, -0.15) is 0 Å². The Morgan fingerprint density at radius 2 is 1.77 bits per heavy atom. The van der Waals surface area contributed by atoms with Gasteiger partial charge in [-0.1, -0.05) is 18.2 Å². The number of ether oxygens (including phenoxy) is 1. The van der Waals surface area contributed by atoms with E-state index in [-0.39, 0.29) is 6.09 Å². The Morgan fingerprint density at radius 3 is 2.47 bits per heavy atom. The number of aromatic nitrogens is 2. The molecule has 4 rings (SSSR count). The zero-order valence-electron chi connectivity index (χ0n) is 17.4. The average molecular weight is 402 g/mol. The summed E-state index contributed by atoms with van der Waals surface area (Å²) >= 11 is 0. The van der Waals surface area contributed by atoms with E-state index in [1.807, 2.05) is 61.7 Å². The van der Waals surface area contributed by atoms with Crippen LogP contribution in [0, 0.1) is 13.8 Å². The molecule has 0 atom stereocenters. The number of benzene rings is 1. The Hall–Kier alpha value is -3.41. The Labute approximate surface area is 177 Å². The Balaban J connectivity index is 1.30. The van der Waals surface area contributed by atoms with E-state index in [0.717, 1.165) is 42.3 Å². The minimum Gasteiger partial charge on any atom is -0.410 e. The topological polar surface area (TPSA) is 58.6 Å². The first-order valence-electron chi connectivity index (χ1n) is 10.2. The molecular weight excluding hydrogens is 376 g/mol. The molecule has 0 N–H and O–H groups in total. The number of nitrogens with zero attached hydrogens (tertiary/aromatic N) is 4. The number of rotatable bonds is 4. The van der Waals surface area contributed by atoms with Crippen LogP contribution < -0.4 is 9.64 Å². The average Bonchev–Trinajstić information content (AvgIpc) is 2.75. The van der Waals surface area contributed by atoms with Crippen LogP contribution in [-0.4, -0.2) is 47.1 Å². The van der Waals surface area contributed by atoms with Crippen molar-refractivity contribution >= 4 is 11.9 Å². The molecule has 1 aliphatic heterocycles. The largest absolute Gasteiger partial charge is 0.415 e. The number of carbonyl (C=O) groups is 1. The van der Waals surface area contributed by atoms with Crippen LogP contribution in [-0.2, 0) is 6.42 Å². The second-order valence-corrected chi connectivity index (χ2v) is 7.62. The van der Waals surface area contributed by atoms with Crippen LogP contribution in [0.15, 0.2) is 60.8 Å². The summed E-state index contributed by atoms with van der Waals surface area (Å²) in [6, 6.07) is 17.7. The number of anilines is 1. The molecule has 30 heavy (non-hydrogen) atoms. The van der Waals surface area contributed by atoms with Gasteiger partial charge in [-0.25, -0.2) is 9.78 Å². The van der Waals surface area contributed by atoms with Gasteiger partial charge in [-0.05, 0) is 61.4 Å². The van der Waals surface area contributed by atoms with Crippen molar-refractivity contribution in [2.45, 2.75) is 20.3 Å². The molecule has 154 valence electrons. The number of hydrogen-bond donors (Lipinski definition) is 0. The molecule has 6 heteroatoms. The van der Waals surface area contributed by atoms with Crippen molar-refractivity contribution in [1.82, 2.24) is 14.9 Å². The summed E-state index contributed by atoms with van der Waals surface area (Å²) in [5.74, 6) is 1.52. The zero-order chi connectivity index (χ0) is 20.9. The standard InChI is InChI=1S/C24H26N4O2/c1-18-10-11-25-21(16-18)17-20-6-8-22(9-7-20)30-24(29)28-14-12-27(13-15-28)23-5-3-4-19(2)26-23/h3-11,16H,12-15,17H2,1-2H3. The molecule has 6 nitrogen and oxygen atoms in total. The van der Waals surface area contributed by atoms with Gasteiger partial charge >= 0.3 is 6.09 Å². The maximum Gasteiger partial charge on any atom is 0.415 e. The molecule has 0 spiro atoms. The highest BCUT2D eigenvalue weighted by molar-refractivity contribution is 5.71. The predicted octanol–water partition coefficient (Wildman–Crippen LogP) is 4.01. The lowest BCUT2D eigenvalue weighted by atomic mass is 10.1. The number of amides is 1. The van der Waals surface area contributed by atoms with Gasteiger partial charge in [0.1, 0.15) is 11.6 Å². The monoisotopic (exact) mass is 402 g/mol. The summed E-state index contributed by atoms with van der Waals surface area (Å²) in [7, 11) is 0. The third-order valence-electron chi connectivity index (χ3n) is 5.22. The second-order valence-electron chi connectivity index (χ2n) is 7.62. The van der Waals surface area contributed by atoms with Crippen LogP contribution in [0.25, 0.3) is 0 Å². The first kappa shape index (κ1) is 19.9. The second kappa shape index (κ2) is 8.95. The van der Waals surface area contributed by atoms with Gasteiger partial charge in [-0.3, -0.25) is 4.98 Å². The van der Waals surface area contributed by atoms with E-state index >= 15 is 0 Å². The van der Waals surface area contributed by atoms with E-state index in [0.29, 0.717) is 18.8 Å². The predicted molar refractivity (Wildman–Crippen MR) is 117 cm³/mol. The summed E-state index contributed by atoms with van der Waals surface area (Å²) in [5, 5.41) is 0. The molecule has 1 aliphatic rings. The molecule has 1 saturated heterocycles. The van der Waals surface area contributed by atoms with E-state index in [1.54, 1.807) is 4.90 Å². The van der Waals surface area contributed by atoms with Crippen molar-refractivity contribution in [2.75, 3.05) is 31.1 Å². The third-order valence-corrected chi connectivity index (χ3v) is 5.22. The first-order valence-corrected chi connectivity index (χ1v) is 10.2. The van der Waals surface area contributed by atoms with Gasteiger partial charge in [0.2, 0.25) is 0 Å². The van der Waals surface area contributed by atoms with Crippen molar-refractivity contribution in [1.29, 1.82) is 0 Å². The third kappa shape index (κ3) is 4.95. The number of hydrogen-bond acceptors (Lipinski definition) is 5. The molecule has 2 aromatic heterocycles. The number of piperazine rings is 1. The number of aryl methyl sites for hydroxylation is 2. The van der Waals surface area contributed by atoms with Gasteiger partial charge in [0.15, 0.2) is 0 Å². The van der Waals surface area contributed by atoms with Crippen molar-refractivity contribution in [3.63, 3.8) is 0 Å². The van der Waals surface area contributed by atoms with Crippen molar-refractivity contribution in [3.05, 3.63) is 83.3 Å². The summed E-state index contributed by atoms with van der Waals surface area (Å²) in [6.45, 7) is 6.77. The Morgan fingerprint density at radius 1 is 1.00 bits per heavy atom. The molecule has 0 bridgehead atoms. The highest BCUT2D eigenvalue weighted by atomic mass is 16.6. The zero-order valence-corrected chi connectivity index (χ0v) is 17.4. The molecule has 0 saturated carbocycles. The van der Waals surface area contributed by atoms with E-state index in [4.69, 9.17) is 4.74 Å². The lowest BCUT2D eigenvalue weighted by molar-refractivity contribution is 0.149. The van der Waals surface area contributed by atoms with Crippen LogP contribution in [0.5, 0.6) is 5.75 Å². The van der Waals surface area contributed by atoms with E-state index in [2.05, 4.69) is 27.9 Å². The lowest BCUT2D eigenvalue weighted by Gasteiger charge is -2.34. The molecule has 3 aromatic rings. The molecule has 1 aromatic carbocycles. The van der Waals surface area contributed by atoms with E-state index in [1.165, 1.54) is 5.56 Å². The summed E-state index contributed by atoms with van der Waals surface area (Å²) in [4.78, 5) is 25.4. The van der Waals surface area contributed by atoms with Crippen LogP contribution >= 0.6 is 0 Å².